The second kappa shape index (κ2) is 6.60. The van der Waals surface area contributed by atoms with E-state index in [1.54, 1.807) is 12.1 Å². The van der Waals surface area contributed by atoms with Gasteiger partial charge < -0.3 is 14.3 Å². The van der Waals surface area contributed by atoms with Crippen LogP contribution in [0.15, 0.2) is 12.1 Å². The number of ketones is 1. The van der Waals surface area contributed by atoms with Gasteiger partial charge in [-0.3, -0.25) is 4.72 Å². The molecule has 1 aromatic carbocycles. The van der Waals surface area contributed by atoms with Crippen molar-refractivity contribution in [2.75, 3.05) is 25.2 Å². The summed E-state index contributed by atoms with van der Waals surface area (Å²) in [7, 11) is -0.535. The SMILES string of the molecule is COc1cc(CCC(C)=O)cc(NS(C)(=O)=O)c1OC. The largest absolute Gasteiger partial charge is 0.493 e. The molecule has 0 aliphatic carbocycles. The maximum atomic E-state index is 11.4. The van der Waals surface area contributed by atoms with Gasteiger partial charge >= 0.3 is 0 Å². The Hall–Kier alpha value is -1.76. The molecule has 0 radical (unpaired) electrons. The van der Waals surface area contributed by atoms with E-state index >= 15 is 0 Å². The van der Waals surface area contributed by atoms with Crippen molar-refractivity contribution < 1.29 is 22.7 Å². The van der Waals surface area contributed by atoms with Crippen LogP contribution in [0.25, 0.3) is 0 Å². The maximum absolute atomic E-state index is 11.4. The quantitative estimate of drug-likeness (QED) is 0.827. The highest BCUT2D eigenvalue weighted by Crippen LogP contribution is 2.37. The van der Waals surface area contributed by atoms with Crippen LogP contribution in [0.3, 0.4) is 0 Å². The number of ether oxygens (including phenoxy) is 2. The fraction of sp³-hybridized carbons (Fsp3) is 0.462. The third kappa shape index (κ3) is 4.73. The molecule has 0 bridgehead atoms. The first-order valence-corrected chi connectivity index (χ1v) is 7.88. The number of rotatable bonds is 7. The van der Waals surface area contributed by atoms with Crippen LogP contribution in [0.4, 0.5) is 5.69 Å². The van der Waals surface area contributed by atoms with Crippen molar-refractivity contribution in [1.82, 2.24) is 0 Å². The van der Waals surface area contributed by atoms with E-state index in [-0.39, 0.29) is 5.78 Å². The topological polar surface area (TPSA) is 81.7 Å². The van der Waals surface area contributed by atoms with Crippen molar-refractivity contribution in [3.8, 4) is 11.5 Å². The Morgan fingerprint density at radius 3 is 2.35 bits per heavy atom. The number of Topliss-reactive ketones (excluding diaryl/α,β-unsaturated/α-hetero) is 1. The van der Waals surface area contributed by atoms with Crippen LogP contribution in [0.2, 0.25) is 0 Å². The molecule has 0 aliphatic rings. The number of anilines is 1. The lowest BCUT2D eigenvalue weighted by Crippen LogP contribution is -2.11. The molecule has 0 saturated heterocycles. The first-order chi connectivity index (χ1) is 9.26. The minimum absolute atomic E-state index is 0.0670. The number of hydrogen-bond acceptors (Lipinski definition) is 5. The molecule has 20 heavy (non-hydrogen) atoms. The molecule has 1 rings (SSSR count). The summed E-state index contributed by atoms with van der Waals surface area (Å²) in [6, 6.07) is 3.38. The maximum Gasteiger partial charge on any atom is 0.229 e. The first-order valence-electron chi connectivity index (χ1n) is 5.99. The van der Waals surface area contributed by atoms with Crippen molar-refractivity contribution in [2.24, 2.45) is 0 Å². The predicted molar refractivity (Wildman–Crippen MR) is 77.0 cm³/mol. The van der Waals surface area contributed by atoms with E-state index in [0.29, 0.717) is 30.0 Å². The van der Waals surface area contributed by atoms with Crippen LogP contribution in [0, 0.1) is 0 Å². The summed E-state index contributed by atoms with van der Waals surface area (Å²) in [6.45, 7) is 1.51. The molecule has 1 aromatic rings. The molecule has 0 atom stereocenters. The number of sulfonamides is 1. The summed E-state index contributed by atoms with van der Waals surface area (Å²) < 4.78 is 35.5. The van der Waals surface area contributed by atoms with Crippen LogP contribution in [-0.2, 0) is 21.2 Å². The van der Waals surface area contributed by atoms with Gasteiger partial charge in [0.05, 0.1) is 26.2 Å². The van der Waals surface area contributed by atoms with E-state index in [4.69, 9.17) is 9.47 Å². The van der Waals surface area contributed by atoms with Gasteiger partial charge in [-0.15, -0.1) is 0 Å². The molecule has 0 unspecified atom stereocenters. The van der Waals surface area contributed by atoms with Gasteiger partial charge in [-0.25, -0.2) is 8.42 Å². The number of methoxy groups -OCH3 is 2. The van der Waals surface area contributed by atoms with Crippen molar-refractivity contribution >= 4 is 21.5 Å². The lowest BCUT2D eigenvalue weighted by atomic mass is 10.1. The standard InChI is InChI=1S/C13H19NO5S/c1-9(15)5-6-10-7-11(14-20(4,16)17)13(19-3)12(8-10)18-2/h7-8,14H,5-6H2,1-4H3. The summed E-state index contributed by atoms with van der Waals surface area (Å²) in [4.78, 5) is 11.0. The van der Waals surface area contributed by atoms with Gasteiger partial charge in [-0.2, -0.15) is 0 Å². The van der Waals surface area contributed by atoms with Crippen LogP contribution in [-0.4, -0.2) is 34.7 Å². The molecule has 0 amide bonds. The Morgan fingerprint density at radius 2 is 1.90 bits per heavy atom. The summed E-state index contributed by atoms with van der Waals surface area (Å²) in [5.41, 5.74) is 1.09. The zero-order chi connectivity index (χ0) is 15.3. The van der Waals surface area contributed by atoms with Gasteiger partial charge in [-0.1, -0.05) is 0 Å². The minimum Gasteiger partial charge on any atom is -0.493 e. The van der Waals surface area contributed by atoms with E-state index in [2.05, 4.69) is 4.72 Å². The Balaban J connectivity index is 3.23. The summed E-state index contributed by atoms with van der Waals surface area (Å²) in [6.07, 6.45) is 1.95. The molecule has 7 heteroatoms. The molecule has 0 spiro atoms. The average molecular weight is 301 g/mol. The number of benzene rings is 1. The van der Waals surface area contributed by atoms with Crippen LogP contribution in [0.1, 0.15) is 18.9 Å². The smallest absolute Gasteiger partial charge is 0.229 e. The minimum atomic E-state index is -3.44. The monoisotopic (exact) mass is 301 g/mol. The van der Waals surface area contributed by atoms with E-state index < -0.39 is 10.0 Å². The fourth-order valence-electron chi connectivity index (χ4n) is 1.76. The summed E-state index contributed by atoms with van der Waals surface area (Å²) in [5, 5.41) is 0. The highest BCUT2D eigenvalue weighted by molar-refractivity contribution is 7.92. The molecule has 6 nitrogen and oxygen atoms in total. The number of aryl methyl sites for hydroxylation is 1. The van der Waals surface area contributed by atoms with Gasteiger partial charge in [0.2, 0.25) is 10.0 Å². The number of hydrogen-bond donors (Lipinski definition) is 1. The van der Waals surface area contributed by atoms with Crippen LogP contribution < -0.4 is 14.2 Å². The van der Waals surface area contributed by atoms with E-state index in [9.17, 15) is 13.2 Å². The van der Waals surface area contributed by atoms with Crippen molar-refractivity contribution in [3.63, 3.8) is 0 Å². The van der Waals surface area contributed by atoms with Crippen LogP contribution >= 0.6 is 0 Å². The number of nitrogens with one attached hydrogen (secondary N) is 1. The normalized spacial score (nSPS) is 11.0. The summed E-state index contributed by atoms with van der Waals surface area (Å²) in [5.74, 6) is 0.793. The molecule has 0 fully saturated rings. The average Bonchev–Trinajstić information content (AvgIpc) is 2.33. The van der Waals surface area contributed by atoms with E-state index in [1.807, 2.05) is 0 Å². The molecule has 112 valence electrons. The van der Waals surface area contributed by atoms with Crippen molar-refractivity contribution in [2.45, 2.75) is 19.8 Å². The Morgan fingerprint density at radius 1 is 1.25 bits per heavy atom. The lowest BCUT2D eigenvalue weighted by Gasteiger charge is -2.15. The molecule has 1 N–H and O–H groups in total. The number of carbonyl (C=O) groups excluding carboxylic acids is 1. The highest BCUT2D eigenvalue weighted by atomic mass is 32.2. The molecule has 0 heterocycles. The van der Waals surface area contributed by atoms with Gasteiger partial charge in [0.15, 0.2) is 11.5 Å². The van der Waals surface area contributed by atoms with Gasteiger partial charge in [0, 0.05) is 6.42 Å². The number of carbonyl (C=O) groups is 1. The van der Waals surface area contributed by atoms with Gasteiger partial charge in [-0.05, 0) is 31.0 Å². The Labute approximate surface area is 119 Å². The van der Waals surface area contributed by atoms with Gasteiger partial charge in [0.1, 0.15) is 5.78 Å². The van der Waals surface area contributed by atoms with Crippen LogP contribution in [0.5, 0.6) is 11.5 Å². The zero-order valence-corrected chi connectivity index (χ0v) is 12.8. The highest BCUT2D eigenvalue weighted by Gasteiger charge is 2.15. The third-order valence-electron chi connectivity index (χ3n) is 2.60. The van der Waals surface area contributed by atoms with Crippen molar-refractivity contribution in [1.29, 1.82) is 0 Å². The lowest BCUT2D eigenvalue weighted by molar-refractivity contribution is -0.116. The second-order valence-corrected chi connectivity index (χ2v) is 6.20. The van der Waals surface area contributed by atoms with Gasteiger partial charge in [0.25, 0.3) is 0 Å². The molecular weight excluding hydrogens is 282 g/mol. The van der Waals surface area contributed by atoms with E-state index in [1.165, 1.54) is 21.1 Å². The zero-order valence-electron chi connectivity index (χ0n) is 12.0. The Kier molecular flexibility index (Phi) is 5.38. The third-order valence-corrected chi connectivity index (χ3v) is 3.19. The van der Waals surface area contributed by atoms with E-state index in [0.717, 1.165) is 11.8 Å². The molecule has 0 saturated carbocycles. The second-order valence-electron chi connectivity index (χ2n) is 4.46. The Bertz CT molecular complexity index is 595. The van der Waals surface area contributed by atoms with Crippen molar-refractivity contribution in [3.05, 3.63) is 17.7 Å². The molecule has 0 aliphatic heterocycles. The predicted octanol–water partition coefficient (Wildman–Crippen LogP) is 1.60. The molecular formula is C13H19NO5S. The molecule has 0 aromatic heterocycles. The summed E-state index contributed by atoms with van der Waals surface area (Å²) >= 11 is 0. The fourth-order valence-corrected chi connectivity index (χ4v) is 2.31. The first kappa shape index (κ1) is 16.3.